The van der Waals surface area contributed by atoms with Gasteiger partial charge >= 0.3 is 18.5 Å². The van der Waals surface area contributed by atoms with Gasteiger partial charge in [-0.3, -0.25) is 4.79 Å². The average molecular weight is 412 g/mol. The smallest absolute Gasteiger partial charge is 0.461 e. The summed E-state index contributed by atoms with van der Waals surface area (Å²) in [4.78, 5) is 23.3. The largest absolute Gasteiger partial charge is 0.493 e. The zero-order chi connectivity index (χ0) is 21.6. The van der Waals surface area contributed by atoms with Gasteiger partial charge in [0.2, 0.25) is 0 Å². The molecule has 0 unspecified atom stereocenters. The second kappa shape index (κ2) is 9.22. The number of halogens is 4. The molecule has 0 aliphatic heterocycles. The number of carboxylic acids is 1. The van der Waals surface area contributed by atoms with Crippen LogP contribution in [0.5, 0.6) is 11.5 Å². The van der Waals surface area contributed by atoms with Crippen molar-refractivity contribution in [2.45, 2.75) is 19.0 Å². The molecule has 0 saturated carbocycles. The molecule has 0 atom stereocenters. The first-order valence-electron chi connectivity index (χ1n) is 8.19. The number of benzene rings is 2. The lowest BCUT2D eigenvalue weighted by molar-refractivity contribution is -0.253. The number of allylic oxidation sites excluding steroid dienone is 1. The van der Waals surface area contributed by atoms with Gasteiger partial charge in [0.1, 0.15) is 0 Å². The van der Waals surface area contributed by atoms with Crippen LogP contribution in [0.25, 0.3) is 6.08 Å². The Kier molecular flexibility index (Phi) is 6.98. The third-order valence-corrected chi connectivity index (χ3v) is 3.76. The van der Waals surface area contributed by atoms with Crippen molar-refractivity contribution in [2.75, 3.05) is 7.11 Å². The van der Waals surface area contributed by atoms with E-state index in [0.29, 0.717) is 11.1 Å². The number of carboxylic acid groups (broad SMARTS) is 1. The maximum Gasteiger partial charge on any atom is 0.461 e. The Hall–Kier alpha value is -3.36. The Bertz CT molecular complexity index is 925. The molecule has 0 heterocycles. The molecule has 0 saturated heterocycles. The average Bonchev–Trinajstić information content (AvgIpc) is 2.67. The maximum atomic E-state index is 13.1. The Labute approximate surface area is 163 Å². The van der Waals surface area contributed by atoms with Gasteiger partial charge in [-0.05, 0) is 35.4 Å². The lowest BCUT2D eigenvalue weighted by Gasteiger charge is -2.18. The van der Waals surface area contributed by atoms with Crippen molar-refractivity contribution < 1.29 is 41.7 Å². The van der Waals surface area contributed by atoms with E-state index in [1.807, 2.05) is 0 Å². The van der Waals surface area contributed by atoms with Gasteiger partial charge in [0.15, 0.2) is 17.3 Å². The van der Waals surface area contributed by atoms with Crippen LogP contribution in [0.3, 0.4) is 0 Å². The molecule has 1 N–H and O–H groups in total. The van der Waals surface area contributed by atoms with E-state index in [1.165, 1.54) is 36.4 Å². The predicted octanol–water partition coefficient (Wildman–Crippen LogP) is 4.46. The highest BCUT2D eigenvalue weighted by molar-refractivity contribution is 5.97. The zero-order valence-electron chi connectivity index (χ0n) is 15.1. The molecule has 0 spiro atoms. The van der Waals surface area contributed by atoms with E-state index in [2.05, 4.69) is 4.74 Å². The summed E-state index contributed by atoms with van der Waals surface area (Å²) in [5.74, 6) is -2.37. The molecule has 0 bridgehead atoms. The van der Waals surface area contributed by atoms with E-state index in [1.54, 1.807) is 12.1 Å². The Morgan fingerprint density at radius 3 is 2.45 bits per heavy atom. The third kappa shape index (κ3) is 5.81. The van der Waals surface area contributed by atoms with Gasteiger partial charge in [-0.1, -0.05) is 30.3 Å². The van der Waals surface area contributed by atoms with Crippen LogP contribution in [-0.2, 0) is 11.2 Å². The van der Waals surface area contributed by atoms with Crippen molar-refractivity contribution in [1.82, 2.24) is 0 Å². The third-order valence-electron chi connectivity index (χ3n) is 3.76. The van der Waals surface area contributed by atoms with E-state index in [0.717, 1.165) is 13.2 Å². The lowest BCUT2D eigenvalue weighted by Crippen LogP contribution is -2.33. The molecule has 0 aromatic heterocycles. The fourth-order valence-corrected chi connectivity index (χ4v) is 2.38. The minimum absolute atomic E-state index is 0.0115. The maximum absolute atomic E-state index is 13.1. The molecule has 2 aromatic carbocycles. The van der Waals surface area contributed by atoms with Crippen LogP contribution in [0.15, 0.2) is 48.5 Å². The number of carbonyl (C=O) groups excluding carboxylic acids is 1. The van der Waals surface area contributed by atoms with Crippen LogP contribution in [0.2, 0.25) is 0 Å². The SMILES string of the molecule is COc1cc(/C=C/C(=O)Cc2ccccc2C(=O)O)ccc1OC(F)(F)C(F)F. The van der Waals surface area contributed by atoms with Crippen LogP contribution >= 0.6 is 0 Å². The Balaban J connectivity index is 2.15. The van der Waals surface area contributed by atoms with Crippen molar-refractivity contribution in [1.29, 1.82) is 0 Å². The molecular formula is C20H16F4O5. The van der Waals surface area contributed by atoms with E-state index in [-0.39, 0.29) is 17.7 Å². The molecule has 0 aliphatic carbocycles. The molecular weight excluding hydrogens is 396 g/mol. The predicted molar refractivity (Wildman–Crippen MR) is 95.7 cm³/mol. The second-order valence-electron chi connectivity index (χ2n) is 5.81. The van der Waals surface area contributed by atoms with E-state index in [9.17, 15) is 27.2 Å². The van der Waals surface area contributed by atoms with Gasteiger partial charge < -0.3 is 14.6 Å². The molecule has 29 heavy (non-hydrogen) atoms. The number of hydrogen-bond donors (Lipinski definition) is 1. The minimum Gasteiger partial charge on any atom is -0.493 e. The summed E-state index contributed by atoms with van der Waals surface area (Å²) < 4.78 is 59.6. The van der Waals surface area contributed by atoms with Crippen molar-refractivity contribution >= 4 is 17.8 Å². The summed E-state index contributed by atoms with van der Waals surface area (Å²) >= 11 is 0. The highest BCUT2D eigenvalue weighted by Gasteiger charge is 2.44. The molecule has 9 heteroatoms. The van der Waals surface area contributed by atoms with Gasteiger partial charge in [0.25, 0.3) is 0 Å². The lowest BCUT2D eigenvalue weighted by atomic mass is 10.0. The van der Waals surface area contributed by atoms with E-state index in [4.69, 9.17) is 9.84 Å². The van der Waals surface area contributed by atoms with Gasteiger partial charge in [0, 0.05) is 6.42 Å². The number of aromatic carboxylic acids is 1. The zero-order valence-corrected chi connectivity index (χ0v) is 15.1. The molecule has 0 aliphatic rings. The number of ether oxygens (including phenoxy) is 2. The summed E-state index contributed by atoms with van der Waals surface area (Å²) in [6.45, 7) is 0. The number of rotatable bonds is 9. The number of methoxy groups -OCH3 is 1. The van der Waals surface area contributed by atoms with Gasteiger partial charge in [-0.15, -0.1) is 0 Å². The Morgan fingerprint density at radius 1 is 1.14 bits per heavy atom. The van der Waals surface area contributed by atoms with Crippen molar-refractivity contribution in [3.8, 4) is 11.5 Å². The summed E-state index contributed by atoms with van der Waals surface area (Å²) in [6, 6.07) is 9.57. The van der Waals surface area contributed by atoms with E-state index < -0.39 is 30.0 Å². The fourth-order valence-electron chi connectivity index (χ4n) is 2.38. The molecule has 0 amide bonds. The van der Waals surface area contributed by atoms with Crippen molar-refractivity contribution in [3.63, 3.8) is 0 Å². The summed E-state index contributed by atoms with van der Waals surface area (Å²) in [6.07, 6.45) is -6.32. The highest BCUT2D eigenvalue weighted by atomic mass is 19.3. The first-order valence-corrected chi connectivity index (χ1v) is 8.19. The monoisotopic (exact) mass is 412 g/mol. The molecule has 2 rings (SSSR count). The molecule has 2 aromatic rings. The van der Waals surface area contributed by atoms with Crippen molar-refractivity contribution in [2.24, 2.45) is 0 Å². The first-order chi connectivity index (χ1) is 13.6. The van der Waals surface area contributed by atoms with Gasteiger partial charge in [0.05, 0.1) is 12.7 Å². The first kappa shape index (κ1) is 21.9. The summed E-state index contributed by atoms with van der Waals surface area (Å²) in [7, 11) is 1.14. The number of carbonyl (C=O) groups is 2. The summed E-state index contributed by atoms with van der Waals surface area (Å²) in [5, 5.41) is 9.13. The van der Waals surface area contributed by atoms with Crippen LogP contribution in [0.1, 0.15) is 21.5 Å². The molecule has 0 fully saturated rings. The van der Waals surface area contributed by atoms with Crippen LogP contribution in [0.4, 0.5) is 17.6 Å². The van der Waals surface area contributed by atoms with Gasteiger partial charge in [-0.2, -0.15) is 17.6 Å². The quantitative estimate of drug-likeness (QED) is 0.487. The molecule has 154 valence electrons. The highest BCUT2D eigenvalue weighted by Crippen LogP contribution is 2.35. The minimum atomic E-state index is -4.68. The van der Waals surface area contributed by atoms with Crippen LogP contribution in [-0.4, -0.2) is 36.5 Å². The van der Waals surface area contributed by atoms with Crippen LogP contribution < -0.4 is 9.47 Å². The number of alkyl halides is 4. The number of ketones is 1. The van der Waals surface area contributed by atoms with Gasteiger partial charge in [-0.25, -0.2) is 4.79 Å². The normalized spacial score (nSPS) is 11.7. The van der Waals surface area contributed by atoms with Crippen LogP contribution in [0, 0.1) is 0 Å². The fraction of sp³-hybridized carbons (Fsp3) is 0.200. The summed E-state index contributed by atoms with van der Waals surface area (Å²) in [5.41, 5.74) is 0.706. The van der Waals surface area contributed by atoms with Crippen molar-refractivity contribution in [3.05, 3.63) is 65.2 Å². The topological polar surface area (TPSA) is 72.8 Å². The molecule has 0 radical (unpaired) electrons. The second-order valence-corrected chi connectivity index (χ2v) is 5.81. The standard InChI is InChI=1S/C20H16F4O5/c1-28-17-10-12(7-9-16(17)29-20(23,24)19(21)22)6-8-14(25)11-13-4-2-3-5-15(13)18(26)27/h2-10,19H,11H2,1H3,(H,26,27)/b8-6+. The molecule has 5 nitrogen and oxygen atoms in total. The number of hydrogen-bond acceptors (Lipinski definition) is 4. The van der Waals surface area contributed by atoms with E-state index >= 15 is 0 Å². The Morgan fingerprint density at radius 2 is 1.83 bits per heavy atom.